The van der Waals surface area contributed by atoms with Gasteiger partial charge in [0.15, 0.2) is 0 Å². The molecule has 6 heteroatoms. The first-order valence-corrected chi connectivity index (χ1v) is 8.00. The third-order valence-corrected chi connectivity index (χ3v) is 3.59. The average Bonchev–Trinajstić information content (AvgIpc) is 2.66. The first kappa shape index (κ1) is 18.9. The second-order valence-corrected chi connectivity index (χ2v) is 5.53. The van der Waals surface area contributed by atoms with Crippen molar-refractivity contribution in [1.82, 2.24) is 0 Å². The Morgan fingerprint density at radius 2 is 1.77 bits per heavy atom. The predicted octanol–water partition coefficient (Wildman–Crippen LogP) is 3.72. The number of ether oxygens (including phenoxy) is 2. The van der Waals surface area contributed by atoms with E-state index in [-0.39, 0.29) is 5.91 Å². The van der Waals surface area contributed by atoms with Crippen LogP contribution in [0.3, 0.4) is 0 Å². The first-order valence-electron chi connectivity index (χ1n) is 8.00. The topological polar surface area (TPSA) is 83.4 Å². The van der Waals surface area contributed by atoms with Gasteiger partial charge in [0, 0.05) is 30.8 Å². The van der Waals surface area contributed by atoms with Gasteiger partial charge in [-0.25, -0.2) is 0 Å². The molecule has 2 aromatic carbocycles. The maximum Gasteiger partial charge on any atom is 0.221 e. The third kappa shape index (κ3) is 5.02. The van der Waals surface area contributed by atoms with Crippen molar-refractivity contribution in [3.8, 4) is 17.6 Å². The van der Waals surface area contributed by atoms with Crippen LogP contribution >= 0.6 is 0 Å². The highest BCUT2D eigenvalue weighted by molar-refractivity contribution is 5.92. The lowest BCUT2D eigenvalue weighted by Gasteiger charge is -2.15. The standard InChI is InChI=1S/C20H21N3O3/c1-14(24)23-20-18(25-2)10-15(11-19(20)26-3)9-16(12-21)13-22-17-7-5-4-6-8-17/h4-8,10-11,13,22H,9H2,1-3H3,(H,23,24). The van der Waals surface area contributed by atoms with Crippen LogP contribution in [0, 0.1) is 11.3 Å². The highest BCUT2D eigenvalue weighted by atomic mass is 16.5. The number of hydrogen-bond donors (Lipinski definition) is 2. The molecule has 2 rings (SSSR count). The van der Waals surface area contributed by atoms with E-state index in [1.165, 1.54) is 21.1 Å². The number of benzene rings is 2. The van der Waals surface area contributed by atoms with Gasteiger partial charge in [-0.1, -0.05) is 18.2 Å². The number of rotatable bonds is 7. The van der Waals surface area contributed by atoms with Crippen molar-refractivity contribution >= 4 is 17.3 Å². The van der Waals surface area contributed by atoms with Crippen LogP contribution < -0.4 is 20.1 Å². The summed E-state index contributed by atoms with van der Waals surface area (Å²) in [6.07, 6.45) is 2.07. The van der Waals surface area contributed by atoms with E-state index in [0.717, 1.165) is 11.3 Å². The molecule has 2 N–H and O–H groups in total. The molecular formula is C20H21N3O3. The number of hydrogen-bond acceptors (Lipinski definition) is 5. The van der Waals surface area contributed by atoms with E-state index in [2.05, 4.69) is 16.7 Å². The summed E-state index contributed by atoms with van der Waals surface area (Å²) in [5, 5.41) is 15.2. The molecular weight excluding hydrogens is 330 g/mol. The number of methoxy groups -OCH3 is 2. The molecule has 0 atom stereocenters. The summed E-state index contributed by atoms with van der Waals surface area (Å²) in [6.45, 7) is 1.42. The van der Waals surface area contributed by atoms with Gasteiger partial charge in [0.2, 0.25) is 5.91 Å². The number of anilines is 2. The van der Waals surface area contributed by atoms with Gasteiger partial charge < -0.3 is 20.1 Å². The summed E-state index contributed by atoms with van der Waals surface area (Å²) < 4.78 is 10.7. The van der Waals surface area contributed by atoms with Crippen LogP contribution in [0.25, 0.3) is 0 Å². The fourth-order valence-electron chi connectivity index (χ4n) is 2.42. The SMILES string of the molecule is COc1cc(CC(C#N)=CNc2ccccc2)cc(OC)c1NC(C)=O. The molecule has 134 valence electrons. The van der Waals surface area contributed by atoms with Gasteiger partial charge in [-0.2, -0.15) is 5.26 Å². The smallest absolute Gasteiger partial charge is 0.221 e. The first-order chi connectivity index (χ1) is 12.6. The fourth-order valence-corrected chi connectivity index (χ4v) is 2.42. The van der Waals surface area contributed by atoms with E-state index in [9.17, 15) is 10.1 Å². The molecule has 26 heavy (non-hydrogen) atoms. The Balaban J connectivity index is 2.26. The molecule has 0 aliphatic rings. The van der Waals surface area contributed by atoms with E-state index in [0.29, 0.717) is 29.2 Å². The molecule has 0 aliphatic carbocycles. The molecule has 0 spiro atoms. The molecule has 0 saturated carbocycles. The van der Waals surface area contributed by atoms with Crippen molar-refractivity contribution in [1.29, 1.82) is 5.26 Å². The molecule has 0 aliphatic heterocycles. The lowest BCUT2D eigenvalue weighted by molar-refractivity contribution is -0.114. The van der Waals surface area contributed by atoms with Crippen LogP contribution in [0.4, 0.5) is 11.4 Å². The molecule has 0 heterocycles. The van der Waals surface area contributed by atoms with Crippen molar-refractivity contribution in [2.24, 2.45) is 0 Å². The minimum atomic E-state index is -0.223. The number of nitrogens with zero attached hydrogens (tertiary/aromatic N) is 1. The monoisotopic (exact) mass is 351 g/mol. The zero-order valence-corrected chi connectivity index (χ0v) is 15.0. The second kappa shape index (κ2) is 9.14. The molecule has 6 nitrogen and oxygen atoms in total. The lowest BCUT2D eigenvalue weighted by atomic mass is 10.0. The third-order valence-electron chi connectivity index (χ3n) is 3.59. The molecule has 0 unspecified atom stereocenters. The average molecular weight is 351 g/mol. The van der Waals surface area contributed by atoms with Gasteiger partial charge in [-0.05, 0) is 29.8 Å². The minimum Gasteiger partial charge on any atom is -0.494 e. The van der Waals surface area contributed by atoms with E-state index in [1.807, 2.05) is 30.3 Å². The van der Waals surface area contributed by atoms with Gasteiger partial charge in [0.25, 0.3) is 0 Å². The number of allylic oxidation sites excluding steroid dienone is 1. The Bertz CT molecular complexity index is 814. The zero-order valence-electron chi connectivity index (χ0n) is 15.0. The maximum atomic E-state index is 11.4. The lowest BCUT2D eigenvalue weighted by Crippen LogP contribution is -2.09. The van der Waals surface area contributed by atoms with Crippen molar-refractivity contribution in [3.63, 3.8) is 0 Å². The molecule has 0 saturated heterocycles. The van der Waals surface area contributed by atoms with E-state index in [1.54, 1.807) is 18.3 Å². The van der Waals surface area contributed by atoms with Crippen LogP contribution in [0.1, 0.15) is 12.5 Å². The van der Waals surface area contributed by atoms with Crippen molar-refractivity contribution in [2.75, 3.05) is 24.9 Å². The molecule has 2 aromatic rings. The molecule has 0 radical (unpaired) electrons. The van der Waals surface area contributed by atoms with Gasteiger partial charge in [-0.3, -0.25) is 4.79 Å². The fraction of sp³-hybridized carbons (Fsp3) is 0.200. The largest absolute Gasteiger partial charge is 0.494 e. The van der Waals surface area contributed by atoms with Crippen molar-refractivity contribution < 1.29 is 14.3 Å². The van der Waals surface area contributed by atoms with Gasteiger partial charge >= 0.3 is 0 Å². The van der Waals surface area contributed by atoms with Gasteiger partial charge in [0.05, 0.1) is 20.3 Å². The highest BCUT2D eigenvalue weighted by Crippen LogP contribution is 2.36. The summed E-state index contributed by atoms with van der Waals surface area (Å²) in [7, 11) is 3.03. The van der Waals surface area contributed by atoms with Gasteiger partial charge in [-0.15, -0.1) is 0 Å². The van der Waals surface area contributed by atoms with Crippen molar-refractivity contribution in [2.45, 2.75) is 13.3 Å². The Morgan fingerprint density at radius 3 is 2.27 bits per heavy atom. The number of carbonyl (C=O) groups excluding carboxylic acids is 1. The number of para-hydroxylation sites is 1. The maximum absolute atomic E-state index is 11.4. The summed E-state index contributed by atoms with van der Waals surface area (Å²) in [5.41, 5.74) is 2.74. The van der Waals surface area contributed by atoms with E-state index in [4.69, 9.17) is 9.47 Å². The van der Waals surface area contributed by atoms with Crippen LogP contribution in [-0.2, 0) is 11.2 Å². The van der Waals surface area contributed by atoms with E-state index >= 15 is 0 Å². The molecule has 1 amide bonds. The van der Waals surface area contributed by atoms with E-state index < -0.39 is 0 Å². The number of nitrogens with one attached hydrogen (secondary N) is 2. The second-order valence-electron chi connectivity index (χ2n) is 5.53. The number of nitriles is 1. The Kier molecular flexibility index (Phi) is 6.63. The molecule has 0 fully saturated rings. The summed E-state index contributed by atoms with van der Waals surface area (Å²) in [5.74, 6) is 0.727. The van der Waals surface area contributed by atoms with Crippen molar-refractivity contribution in [3.05, 3.63) is 59.8 Å². The highest BCUT2D eigenvalue weighted by Gasteiger charge is 2.14. The zero-order chi connectivity index (χ0) is 18.9. The summed E-state index contributed by atoms with van der Waals surface area (Å²) >= 11 is 0. The predicted molar refractivity (Wildman–Crippen MR) is 101 cm³/mol. The van der Waals surface area contributed by atoms with Gasteiger partial charge in [0.1, 0.15) is 17.2 Å². The van der Waals surface area contributed by atoms with Crippen LogP contribution in [0.15, 0.2) is 54.2 Å². The minimum absolute atomic E-state index is 0.223. The van der Waals surface area contributed by atoms with Crippen LogP contribution in [0.5, 0.6) is 11.5 Å². The number of amides is 1. The molecule has 0 bridgehead atoms. The Morgan fingerprint density at radius 1 is 1.15 bits per heavy atom. The van der Waals surface area contributed by atoms with Crippen LogP contribution in [-0.4, -0.2) is 20.1 Å². The summed E-state index contributed by atoms with van der Waals surface area (Å²) in [6, 6.07) is 15.3. The van der Waals surface area contributed by atoms with Crippen LogP contribution in [0.2, 0.25) is 0 Å². The normalized spacial score (nSPS) is 10.6. The Hall–Kier alpha value is -3.46. The Labute approximate surface area is 153 Å². The quantitative estimate of drug-likeness (QED) is 0.743. The number of carbonyl (C=O) groups is 1. The molecule has 0 aromatic heterocycles. The summed E-state index contributed by atoms with van der Waals surface area (Å²) in [4.78, 5) is 11.4.